The zero-order valence-corrected chi connectivity index (χ0v) is 11.9. The van der Waals surface area contributed by atoms with Crippen molar-refractivity contribution < 1.29 is 4.39 Å². The summed E-state index contributed by atoms with van der Waals surface area (Å²) >= 11 is 3.12. The van der Waals surface area contributed by atoms with E-state index in [1.807, 2.05) is 6.92 Å². The lowest BCUT2D eigenvalue weighted by molar-refractivity contribution is 0.627. The third kappa shape index (κ3) is 4.03. The van der Waals surface area contributed by atoms with Gasteiger partial charge in [-0.25, -0.2) is 4.39 Å². The summed E-state index contributed by atoms with van der Waals surface area (Å²) in [5.41, 5.74) is 7.00. The molecule has 0 atom stereocenters. The van der Waals surface area contributed by atoms with Crippen LogP contribution in [0, 0.1) is 24.6 Å². The minimum Gasteiger partial charge on any atom is -0.320 e. The highest BCUT2D eigenvalue weighted by Crippen LogP contribution is 2.27. The Morgan fingerprint density at radius 1 is 1.42 bits per heavy atom. The van der Waals surface area contributed by atoms with E-state index in [9.17, 15) is 4.39 Å². The number of benzene rings is 1. The number of aryl methyl sites for hydroxylation is 1. The Hall–Kier alpha value is -1.42. The number of nitrogens with two attached hydrogens (primary N) is 1. The number of thioether (sulfide) groups is 1. The van der Waals surface area contributed by atoms with E-state index in [-0.39, 0.29) is 12.4 Å². The molecule has 0 spiro atoms. The first kappa shape index (κ1) is 14.0. The lowest BCUT2D eigenvalue weighted by atomic mass is 10.1. The number of aromatic nitrogens is 2. The van der Waals surface area contributed by atoms with Crippen LogP contribution < -0.4 is 5.73 Å². The average molecular weight is 293 g/mol. The van der Waals surface area contributed by atoms with E-state index in [4.69, 9.17) is 5.73 Å². The molecule has 0 aliphatic heterocycles. The summed E-state index contributed by atoms with van der Waals surface area (Å²) in [6.07, 6.45) is 0. The van der Waals surface area contributed by atoms with Gasteiger partial charge in [-0.1, -0.05) is 41.0 Å². The van der Waals surface area contributed by atoms with E-state index < -0.39 is 0 Å². The van der Waals surface area contributed by atoms with E-state index in [0.29, 0.717) is 11.3 Å². The summed E-state index contributed by atoms with van der Waals surface area (Å²) in [6, 6.07) is 4.62. The topological polar surface area (TPSA) is 51.8 Å². The van der Waals surface area contributed by atoms with E-state index in [0.717, 1.165) is 14.9 Å². The number of rotatable bonds is 3. The third-order valence-electron chi connectivity index (χ3n) is 2.26. The number of nitrogens with zero attached hydrogens (tertiary/aromatic N) is 2. The maximum Gasteiger partial charge on any atom is 0.174 e. The monoisotopic (exact) mass is 293 g/mol. The molecule has 0 bridgehead atoms. The van der Waals surface area contributed by atoms with Crippen molar-refractivity contribution in [1.82, 2.24) is 10.2 Å². The molecule has 0 fully saturated rings. The number of hydrogen-bond acceptors (Lipinski definition) is 5. The first-order valence-corrected chi connectivity index (χ1v) is 7.39. The maximum absolute atomic E-state index is 13.2. The first-order valence-electron chi connectivity index (χ1n) is 5.59. The van der Waals surface area contributed by atoms with Gasteiger partial charge in [0.2, 0.25) is 0 Å². The van der Waals surface area contributed by atoms with Crippen LogP contribution in [0.25, 0.3) is 0 Å². The van der Waals surface area contributed by atoms with Crippen LogP contribution in [0.3, 0.4) is 0 Å². The highest BCUT2D eigenvalue weighted by Gasteiger charge is 2.06. The van der Waals surface area contributed by atoms with E-state index in [2.05, 4.69) is 22.0 Å². The quantitative estimate of drug-likeness (QED) is 0.698. The fourth-order valence-electron chi connectivity index (χ4n) is 1.41. The van der Waals surface area contributed by atoms with Crippen LogP contribution in [0.4, 0.5) is 4.39 Å². The average Bonchev–Trinajstić information content (AvgIpc) is 2.81. The molecule has 0 aliphatic carbocycles. The normalized spacial score (nSPS) is 10.1. The summed E-state index contributed by atoms with van der Waals surface area (Å²) in [5.74, 6) is 6.04. The highest BCUT2D eigenvalue weighted by molar-refractivity contribution is 8.00. The standard InChI is InChI=1S/C13H12FN3S2/c1-9-16-17-13(19-9)18-8-11-4-5-12(14)7-10(11)3-2-6-15/h4-5,7H,6,8,15H2,1H3. The minimum absolute atomic E-state index is 0.263. The predicted molar refractivity (Wildman–Crippen MR) is 76.5 cm³/mol. The molecule has 2 N–H and O–H groups in total. The molecular formula is C13H12FN3S2. The summed E-state index contributed by atoms with van der Waals surface area (Å²) in [7, 11) is 0. The van der Waals surface area contributed by atoms with Crippen molar-refractivity contribution in [2.75, 3.05) is 6.54 Å². The van der Waals surface area contributed by atoms with Gasteiger partial charge in [-0.15, -0.1) is 10.2 Å². The van der Waals surface area contributed by atoms with Crippen molar-refractivity contribution in [3.8, 4) is 11.8 Å². The van der Waals surface area contributed by atoms with Gasteiger partial charge in [-0.3, -0.25) is 0 Å². The van der Waals surface area contributed by atoms with Gasteiger partial charge in [-0.05, 0) is 24.6 Å². The Morgan fingerprint density at radius 3 is 2.95 bits per heavy atom. The van der Waals surface area contributed by atoms with Gasteiger partial charge >= 0.3 is 0 Å². The first-order chi connectivity index (χ1) is 9.19. The van der Waals surface area contributed by atoms with E-state index >= 15 is 0 Å². The molecule has 0 saturated heterocycles. The van der Waals surface area contributed by atoms with E-state index in [1.165, 1.54) is 12.1 Å². The van der Waals surface area contributed by atoms with Crippen LogP contribution in [0.5, 0.6) is 0 Å². The van der Waals surface area contributed by atoms with Crippen LogP contribution in [-0.2, 0) is 5.75 Å². The fourth-order valence-corrected chi connectivity index (χ4v) is 3.23. The van der Waals surface area contributed by atoms with Crippen molar-refractivity contribution in [3.05, 3.63) is 40.2 Å². The van der Waals surface area contributed by atoms with Crippen molar-refractivity contribution >= 4 is 23.1 Å². The largest absolute Gasteiger partial charge is 0.320 e. The van der Waals surface area contributed by atoms with Crippen LogP contribution in [0.2, 0.25) is 0 Å². The van der Waals surface area contributed by atoms with Gasteiger partial charge in [-0.2, -0.15) is 0 Å². The Morgan fingerprint density at radius 2 is 2.26 bits per heavy atom. The Labute approximate surface area is 119 Å². The van der Waals surface area contributed by atoms with Crippen LogP contribution in [0.1, 0.15) is 16.1 Å². The Kier molecular flexibility index (Phi) is 4.91. The molecule has 98 valence electrons. The predicted octanol–water partition coefficient (Wildman–Crippen LogP) is 2.59. The van der Waals surface area contributed by atoms with Crippen LogP contribution >= 0.6 is 23.1 Å². The molecule has 0 unspecified atom stereocenters. The van der Waals surface area contributed by atoms with Gasteiger partial charge < -0.3 is 5.73 Å². The number of hydrogen-bond donors (Lipinski definition) is 1. The van der Waals surface area contributed by atoms with Gasteiger partial charge in [0.25, 0.3) is 0 Å². The molecule has 0 radical (unpaired) electrons. The second-order valence-corrected chi connectivity index (χ2v) is 6.09. The smallest absolute Gasteiger partial charge is 0.174 e. The molecule has 2 aromatic rings. The van der Waals surface area contributed by atoms with Gasteiger partial charge in [0.15, 0.2) is 4.34 Å². The lowest BCUT2D eigenvalue weighted by Gasteiger charge is -2.03. The fraction of sp³-hybridized carbons (Fsp3) is 0.231. The van der Waals surface area contributed by atoms with Crippen molar-refractivity contribution in [1.29, 1.82) is 0 Å². The molecule has 1 heterocycles. The lowest BCUT2D eigenvalue weighted by Crippen LogP contribution is -1.95. The van der Waals surface area contributed by atoms with Gasteiger partial charge in [0, 0.05) is 11.3 Å². The molecule has 1 aromatic heterocycles. The van der Waals surface area contributed by atoms with Crippen molar-refractivity contribution in [3.63, 3.8) is 0 Å². The molecule has 6 heteroatoms. The minimum atomic E-state index is -0.290. The molecule has 19 heavy (non-hydrogen) atoms. The third-order valence-corrected chi connectivity index (χ3v) is 4.28. The molecule has 2 rings (SSSR count). The van der Waals surface area contributed by atoms with Crippen LogP contribution in [0.15, 0.2) is 22.5 Å². The van der Waals surface area contributed by atoms with Crippen molar-refractivity contribution in [2.24, 2.45) is 5.73 Å². The zero-order chi connectivity index (χ0) is 13.7. The molecule has 0 aliphatic rings. The summed E-state index contributed by atoms with van der Waals surface area (Å²) in [4.78, 5) is 0. The molecule has 0 amide bonds. The Bertz CT molecular complexity index is 628. The highest BCUT2D eigenvalue weighted by atomic mass is 32.2. The molecule has 3 nitrogen and oxygen atoms in total. The van der Waals surface area contributed by atoms with Crippen LogP contribution in [-0.4, -0.2) is 16.7 Å². The molecule has 1 aromatic carbocycles. The van der Waals surface area contributed by atoms with Gasteiger partial charge in [0.1, 0.15) is 10.8 Å². The molecular weight excluding hydrogens is 281 g/mol. The second-order valence-electron chi connectivity index (χ2n) is 3.68. The summed E-state index contributed by atoms with van der Waals surface area (Å²) < 4.78 is 14.1. The summed E-state index contributed by atoms with van der Waals surface area (Å²) in [6.45, 7) is 2.18. The zero-order valence-electron chi connectivity index (χ0n) is 10.3. The molecule has 0 saturated carbocycles. The number of halogens is 1. The van der Waals surface area contributed by atoms with E-state index in [1.54, 1.807) is 29.2 Å². The second kappa shape index (κ2) is 6.66. The maximum atomic E-state index is 13.2. The SMILES string of the molecule is Cc1nnc(SCc2ccc(F)cc2C#CCN)s1. The Balaban J connectivity index is 2.15. The van der Waals surface area contributed by atoms with Gasteiger partial charge in [0.05, 0.1) is 6.54 Å². The summed E-state index contributed by atoms with van der Waals surface area (Å²) in [5, 5.41) is 8.93. The van der Waals surface area contributed by atoms with Crippen molar-refractivity contribution in [2.45, 2.75) is 17.0 Å².